The first-order chi connectivity index (χ1) is 10.3. The van der Waals surface area contributed by atoms with Crippen molar-refractivity contribution < 1.29 is 4.74 Å². The van der Waals surface area contributed by atoms with Gasteiger partial charge in [-0.1, -0.05) is 29.8 Å². The van der Waals surface area contributed by atoms with Crippen LogP contribution in [0.15, 0.2) is 35.9 Å². The molecule has 21 heavy (non-hydrogen) atoms. The summed E-state index contributed by atoms with van der Waals surface area (Å²) >= 11 is 9.02. The molecule has 2 nitrogen and oxygen atoms in total. The molecule has 0 saturated heterocycles. The van der Waals surface area contributed by atoms with Crippen LogP contribution in [-0.4, -0.2) is 24.7 Å². The molecule has 0 aliphatic heterocycles. The largest absolute Gasteiger partial charge is 0.492 e. The first kappa shape index (κ1) is 14.8. The van der Waals surface area contributed by atoms with E-state index in [1.807, 2.05) is 6.07 Å². The smallest absolute Gasteiger partial charge is 0.127 e. The average Bonchev–Trinajstić information content (AvgIpc) is 2.53. The molecule has 1 aliphatic rings. The van der Waals surface area contributed by atoms with Crippen LogP contribution in [0.2, 0.25) is 0 Å². The monoisotopic (exact) mass is 317 g/mol. The van der Waals surface area contributed by atoms with E-state index >= 15 is 0 Å². The van der Waals surface area contributed by atoms with Crippen LogP contribution in [0.25, 0.3) is 16.8 Å². The zero-order valence-electron chi connectivity index (χ0n) is 11.7. The van der Waals surface area contributed by atoms with Gasteiger partial charge in [0.05, 0.1) is 0 Å². The van der Waals surface area contributed by atoms with Gasteiger partial charge in [-0.15, -0.1) is 0 Å². The van der Waals surface area contributed by atoms with E-state index in [2.05, 4.69) is 55.6 Å². The van der Waals surface area contributed by atoms with E-state index in [9.17, 15) is 0 Å². The van der Waals surface area contributed by atoms with Crippen molar-refractivity contribution >= 4 is 42.1 Å². The lowest BCUT2D eigenvalue weighted by atomic mass is 9.82. The predicted molar refractivity (Wildman–Crippen MR) is 96.9 cm³/mol. The zero-order chi connectivity index (χ0) is 14.8. The maximum Gasteiger partial charge on any atom is 0.127 e. The third-order valence-electron chi connectivity index (χ3n) is 3.97. The van der Waals surface area contributed by atoms with Gasteiger partial charge < -0.3 is 10.5 Å². The molecular formula is C17H19NOS2. The van der Waals surface area contributed by atoms with E-state index in [1.165, 1.54) is 21.9 Å². The van der Waals surface area contributed by atoms with E-state index in [-0.39, 0.29) is 0 Å². The number of benzene rings is 2. The van der Waals surface area contributed by atoms with Crippen LogP contribution in [0, 0.1) is 0 Å². The molecule has 2 aromatic carbocycles. The highest BCUT2D eigenvalue weighted by molar-refractivity contribution is 7.80. The summed E-state index contributed by atoms with van der Waals surface area (Å²) < 4.78 is 5.82. The second kappa shape index (κ2) is 6.34. The molecule has 0 radical (unpaired) electrons. The van der Waals surface area contributed by atoms with E-state index in [0.717, 1.165) is 22.8 Å². The van der Waals surface area contributed by atoms with Crippen molar-refractivity contribution in [3.63, 3.8) is 0 Å². The van der Waals surface area contributed by atoms with Gasteiger partial charge in [0.2, 0.25) is 0 Å². The highest BCUT2D eigenvalue weighted by Crippen LogP contribution is 2.43. The molecule has 0 spiro atoms. The molecule has 110 valence electrons. The summed E-state index contributed by atoms with van der Waals surface area (Å²) in [7, 11) is 0. The molecule has 2 N–H and O–H groups in total. The lowest BCUT2D eigenvalue weighted by Gasteiger charge is -2.26. The zero-order valence-corrected chi connectivity index (χ0v) is 13.5. The summed E-state index contributed by atoms with van der Waals surface area (Å²) in [6.45, 7) is 1.04. The van der Waals surface area contributed by atoms with Gasteiger partial charge in [-0.05, 0) is 28.5 Å². The normalized spacial score (nSPS) is 16.9. The Morgan fingerprint density at radius 3 is 2.71 bits per heavy atom. The van der Waals surface area contributed by atoms with Crippen LogP contribution in [0.4, 0.5) is 0 Å². The second-order valence-electron chi connectivity index (χ2n) is 5.17. The molecule has 0 saturated carbocycles. The van der Waals surface area contributed by atoms with Crippen LogP contribution in [-0.2, 0) is 0 Å². The Labute approximate surface area is 136 Å². The van der Waals surface area contributed by atoms with Gasteiger partial charge in [0.1, 0.15) is 12.4 Å². The van der Waals surface area contributed by atoms with E-state index in [0.29, 0.717) is 19.1 Å². The Morgan fingerprint density at radius 1 is 1.14 bits per heavy atom. The SMILES string of the molecule is NCCOc1ccc2cccc3c2c1C=C(CS)C3CS. The Hall–Kier alpha value is -1.10. The van der Waals surface area contributed by atoms with Gasteiger partial charge in [0.15, 0.2) is 0 Å². The van der Waals surface area contributed by atoms with Crippen LogP contribution >= 0.6 is 25.3 Å². The van der Waals surface area contributed by atoms with Gasteiger partial charge in [0.25, 0.3) is 0 Å². The fourth-order valence-corrected chi connectivity index (χ4v) is 3.75. The minimum absolute atomic E-state index is 0.326. The predicted octanol–water partition coefficient (Wildman–Crippen LogP) is 3.52. The van der Waals surface area contributed by atoms with E-state index in [1.54, 1.807) is 0 Å². The number of nitrogens with two attached hydrogens (primary N) is 1. The Bertz CT molecular complexity index is 696. The van der Waals surface area contributed by atoms with E-state index < -0.39 is 0 Å². The first-order valence-corrected chi connectivity index (χ1v) is 8.37. The summed E-state index contributed by atoms with van der Waals surface area (Å²) in [6.07, 6.45) is 2.22. The van der Waals surface area contributed by atoms with Gasteiger partial charge in [0, 0.05) is 29.5 Å². The highest BCUT2D eigenvalue weighted by Gasteiger charge is 2.24. The Morgan fingerprint density at radius 2 is 2.00 bits per heavy atom. The number of rotatable bonds is 5. The molecule has 4 heteroatoms. The van der Waals surface area contributed by atoms with Gasteiger partial charge in [-0.3, -0.25) is 0 Å². The Balaban J connectivity index is 2.25. The molecule has 0 bridgehead atoms. The van der Waals surface area contributed by atoms with Crippen molar-refractivity contribution in [2.75, 3.05) is 24.7 Å². The fraction of sp³-hybridized carbons (Fsp3) is 0.294. The van der Waals surface area contributed by atoms with Crippen molar-refractivity contribution in [1.82, 2.24) is 0 Å². The number of ether oxygens (including phenoxy) is 1. The minimum atomic E-state index is 0.326. The van der Waals surface area contributed by atoms with Crippen molar-refractivity contribution in [1.29, 1.82) is 0 Å². The standard InChI is InChI=1S/C17H19NOS2/c18-6-7-19-16-5-4-11-2-1-3-13-15(10-21)12(9-20)8-14(16)17(11)13/h1-5,8,15,20-21H,6-7,9-10,18H2. The topological polar surface area (TPSA) is 35.2 Å². The van der Waals surface area contributed by atoms with Gasteiger partial charge >= 0.3 is 0 Å². The van der Waals surface area contributed by atoms with Crippen molar-refractivity contribution in [3.8, 4) is 5.75 Å². The van der Waals surface area contributed by atoms with Crippen LogP contribution in [0.1, 0.15) is 17.0 Å². The summed E-state index contributed by atoms with van der Waals surface area (Å²) in [6, 6.07) is 10.6. The number of hydrogen-bond donors (Lipinski definition) is 3. The second-order valence-corrected chi connectivity index (χ2v) is 5.85. The molecule has 1 aliphatic carbocycles. The van der Waals surface area contributed by atoms with Gasteiger partial charge in [-0.25, -0.2) is 0 Å². The lowest BCUT2D eigenvalue weighted by molar-refractivity contribution is 0.328. The molecule has 1 atom stereocenters. The molecule has 0 amide bonds. The van der Waals surface area contributed by atoms with Crippen LogP contribution < -0.4 is 10.5 Å². The lowest BCUT2D eigenvalue weighted by Crippen LogP contribution is -2.14. The highest BCUT2D eigenvalue weighted by atomic mass is 32.1. The summed E-state index contributed by atoms with van der Waals surface area (Å²) in [5.41, 5.74) is 9.32. The quantitative estimate of drug-likeness (QED) is 0.738. The summed E-state index contributed by atoms with van der Waals surface area (Å²) in [5.74, 6) is 2.74. The van der Waals surface area contributed by atoms with Crippen molar-refractivity contribution in [3.05, 3.63) is 47.0 Å². The third-order valence-corrected chi connectivity index (χ3v) is 4.70. The molecule has 1 unspecified atom stereocenters. The fourth-order valence-electron chi connectivity index (χ4n) is 3.00. The van der Waals surface area contributed by atoms with Crippen molar-refractivity contribution in [2.24, 2.45) is 5.73 Å². The van der Waals surface area contributed by atoms with Crippen LogP contribution in [0.5, 0.6) is 5.75 Å². The average molecular weight is 317 g/mol. The minimum Gasteiger partial charge on any atom is -0.492 e. The molecule has 0 fully saturated rings. The first-order valence-electron chi connectivity index (χ1n) is 7.10. The Kier molecular flexibility index (Phi) is 4.48. The molecule has 0 aromatic heterocycles. The van der Waals surface area contributed by atoms with E-state index in [4.69, 9.17) is 10.5 Å². The summed E-state index contributed by atoms with van der Waals surface area (Å²) in [5, 5.41) is 2.51. The van der Waals surface area contributed by atoms with Gasteiger partial charge in [-0.2, -0.15) is 25.3 Å². The maximum absolute atomic E-state index is 5.82. The molecular weight excluding hydrogens is 298 g/mol. The molecule has 0 heterocycles. The third kappa shape index (κ3) is 2.56. The number of thiol groups is 2. The summed E-state index contributed by atoms with van der Waals surface area (Å²) in [4.78, 5) is 0. The van der Waals surface area contributed by atoms with Crippen molar-refractivity contribution in [2.45, 2.75) is 5.92 Å². The maximum atomic E-state index is 5.82. The molecule has 2 aromatic rings. The number of hydrogen-bond acceptors (Lipinski definition) is 4. The van der Waals surface area contributed by atoms with Crippen LogP contribution in [0.3, 0.4) is 0 Å². The molecule has 3 rings (SSSR count).